The Bertz CT molecular complexity index is 991. The number of nitrogens with zero attached hydrogens (tertiary/aromatic N) is 2. The van der Waals surface area contributed by atoms with Crippen LogP contribution in [0.25, 0.3) is 0 Å². The monoisotopic (exact) mass is 465 g/mol. The van der Waals surface area contributed by atoms with E-state index in [2.05, 4.69) is 24.3 Å². The Morgan fingerprint density at radius 1 is 1.00 bits per heavy atom. The van der Waals surface area contributed by atoms with Crippen LogP contribution in [0.3, 0.4) is 0 Å². The normalized spacial score (nSPS) is 13.9. The molecule has 0 aliphatic carbocycles. The standard InChI is InChI=1S/C27H35N3O4/c1-4-17-33-24-12-11-22(19-25(24)34-18-5-2)20(3)28-26(31)13-14-27(32)30-16-15-23(29-30)21-9-7-6-8-10-21/h6-12,19-20H,4-5,13-18H2,1-3H3,(H,28,31). The highest BCUT2D eigenvalue weighted by atomic mass is 16.5. The molecule has 1 N–H and O–H groups in total. The number of carbonyl (C=O) groups excluding carboxylic acids is 2. The third kappa shape index (κ3) is 7.07. The Balaban J connectivity index is 1.52. The van der Waals surface area contributed by atoms with Crippen LogP contribution in [0.2, 0.25) is 0 Å². The molecule has 0 fully saturated rings. The highest BCUT2D eigenvalue weighted by Crippen LogP contribution is 2.31. The third-order valence-corrected chi connectivity index (χ3v) is 5.53. The minimum absolute atomic E-state index is 0.118. The number of benzene rings is 2. The maximum atomic E-state index is 12.6. The van der Waals surface area contributed by atoms with E-state index in [-0.39, 0.29) is 30.7 Å². The van der Waals surface area contributed by atoms with Crippen molar-refractivity contribution in [2.24, 2.45) is 5.10 Å². The van der Waals surface area contributed by atoms with Gasteiger partial charge >= 0.3 is 0 Å². The Morgan fingerprint density at radius 3 is 2.41 bits per heavy atom. The van der Waals surface area contributed by atoms with E-state index in [0.717, 1.165) is 36.1 Å². The lowest BCUT2D eigenvalue weighted by Gasteiger charge is -2.18. The molecule has 1 aliphatic heterocycles. The van der Waals surface area contributed by atoms with E-state index in [1.165, 1.54) is 5.01 Å². The lowest BCUT2D eigenvalue weighted by Crippen LogP contribution is -2.29. The fourth-order valence-corrected chi connectivity index (χ4v) is 3.67. The van der Waals surface area contributed by atoms with Crippen LogP contribution in [0.15, 0.2) is 53.6 Å². The van der Waals surface area contributed by atoms with Crippen molar-refractivity contribution in [1.29, 1.82) is 0 Å². The van der Waals surface area contributed by atoms with E-state index in [4.69, 9.17) is 9.47 Å². The average molecular weight is 466 g/mol. The molecule has 0 radical (unpaired) electrons. The molecule has 1 aliphatic rings. The van der Waals surface area contributed by atoms with Crippen molar-refractivity contribution in [3.8, 4) is 11.5 Å². The number of nitrogens with one attached hydrogen (secondary N) is 1. The van der Waals surface area contributed by atoms with Crippen LogP contribution in [-0.2, 0) is 9.59 Å². The van der Waals surface area contributed by atoms with E-state index in [9.17, 15) is 9.59 Å². The Hall–Kier alpha value is -3.35. The summed E-state index contributed by atoms with van der Waals surface area (Å²) in [5, 5.41) is 8.91. The lowest BCUT2D eigenvalue weighted by molar-refractivity contribution is -0.133. The fraction of sp³-hybridized carbons (Fsp3) is 0.444. The largest absolute Gasteiger partial charge is 0.490 e. The van der Waals surface area contributed by atoms with Gasteiger partial charge in [0.05, 0.1) is 31.5 Å². The van der Waals surface area contributed by atoms with Crippen LogP contribution < -0.4 is 14.8 Å². The van der Waals surface area contributed by atoms with Gasteiger partial charge in [0.1, 0.15) is 0 Å². The number of hydrogen-bond donors (Lipinski definition) is 1. The van der Waals surface area contributed by atoms with Gasteiger partial charge in [0, 0.05) is 19.3 Å². The number of amides is 2. The molecule has 7 nitrogen and oxygen atoms in total. The Labute approximate surface area is 202 Å². The summed E-state index contributed by atoms with van der Waals surface area (Å²) in [5.74, 6) is 1.09. The molecule has 2 aromatic carbocycles. The predicted octanol–water partition coefficient (Wildman–Crippen LogP) is 4.86. The topological polar surface area (TPSA) is 80.2 Å². The zero-order chi connectivity index (χ0) is 24.3. The number of hydrogen-bond acceptors (Lipinski definition) is 5. The Morgan fingerprint density at radius 2 is 1.71 bits per heavy atom. The third-order valence-electron chi connectivity index (χ3n) is 5.53. The van der Waals surface area contributed by atoms with Gasteiger partial charge in [0.2, 0.25) is 11.8 Å². The summed E-state index contributed by atoms with van der Waals surface area (Å²) in [6.07, 6.45) is 2.77. The lowest BCUT2D eigenvalue weighted by atomic mass is 10.1. The van der Waals surface area contributed by atoms with Crippen LogP contribution in [0.4, 0.5) is 0 Å². The van der Waals surface area contributed by atoms with Crippen molar-refractivity contribution in [2.75, 3.05) is 19.8 Å². The van der Waals surface area contributed by atoms with E-state index in [1.807, 2.05) is 55.5 Å². The second-order valence-corrected chi connectivity index (χ2v) is 8.37. The number of ether oxygens (including phenoxy) is 2. The van der Waals surface area contributed by atoms with Crippen molar-refractivity contribution in [2.45, 2.75) is 58.9 Å². The first-order valence-electron chi connectivity index (χ1n) is 12.1. The van der Waals surface area contributed by atoms with Crippen molar-refractivity contribution in [1.82, 2.24) is 10.3 Å². The summed E-state index contributed by atoms with van der Waals surface area (Å²) >= 11 is 0. The molecule has 182 valence electrons. The van der Waals surface area contributed by atoms with E-state index in [0.29, 0.717) is 31.3 Å². The summed E-state index contributed by atoms with van der Waals surface area (Å²) in [7, 11) is 0. The molecule has 0 spiro atoms. The number of rotatable bonds is 12. The maximum Gasteiger partial charge on any atom is 0.243 e. The molecule has 2 amide bonds. The molecule has 2 aromatic rings. The summed E-state index contributed by atoms with van der Waals surface area (Å²) < 4.78 is 11.6. The van der Waals surface area contributed by atoms with E-state index < -0.39 is 0 Å². The van der Waals surface area contributed by atoms with Gasteiger partial charge in [-0.1, -0.05) is 50.2 Å². The van der Waals surface area contributed by atoms with Crippen molar-refractivity contribution < 1.29 is 19.1 Å². The van der Waals surface area contributed by atoms with E-state index >= 15 is 0 Å². The SMILES string of the molecule is CCCOc1ccc(C(C)NC(=O)CCC(=O)N2CCC(c3ccccc3)=N2)cc1OCCC. The highest BCUT2D eigenvalue weighted by molar-refractivity contribution is 6.02. The maximum absolute atomic E-state index is 12.6. The predicted molar refractivity (Wildman–Crippen MR) is 133 cm³/mol. The van der Waals surface area contributed by atoms with Crippen molar-refractivity contribution in [3.05, 3.63) is 59.7 Å². The molecular formula is C27H35N3O4. The average Bonchev–Trinajstić information content (AvgIpc) is 3.36. The van der Waals surface area contributed by atoms with E-state index in [1.54, 1.807) is 0 Å². The smallest absolute Gasteiger partial charge is 0.243 e. The second kappa shape index (κ2) is 12.8. The van der Waals surface area contributed by atoms with Crippen molar-refractivity contribution >= 4 is 17.5 Å². The molecular weight excluding hydrogens is 430 g/mol. The number of carbonyl (C=O) groups is 2. The Kier molecular flexibility index (Phi) is 9.50. The highest BCUT2D eigenvalue weighted by Gasteiger charge is 2.22. The van der Waals surface area contributed by atoms with Crippen LogP contribution in [0.5, 0.6) is 11.5 Å². The summed E-state index contributed by atoms with van der Waals surface area (Å²) in [6.45, 7) is 7.80. The molecule has 7 heteroatoms. The first kappa shape index (κ1) is 25.3. The molecule has 3 rings (SSSR count). The summed E-state index contributed by atoms with van der Waals surface area (Å²) in [5.41, 5.74) is 2.85. The number of hydrazone groups is 1. The summed E-state index contributed by atoms with van der Waals surface area (Å²) in [6, 6.07) is 15.4. The van der Waals surface area contributed by atoms with Gasteiger partial charge < -0.3 is 14.8 Å². The van der Waals surface area contributed by atoms with Gasteiger partial charge in [-0.15, -0.1) is 0 Å². The first-order valence-corrected chi connectivity index (χ1v) is 12.1. The van der Waals surface area contributed by atoms with Gasteiger partial charge in [-0.05, 0) is 43.0 Å². The molecule has 34 heavy (non-hydrogen) atoms. The molecule has 0 bridgehead atoms. The van der Waals surface area contributed by atoms with Crippen LogP contribution in [0.1, 0.15) is 70.0 Å². The quantitative estimate of drug-likeness (QED) is 0.486. The fourth-order valence-electron chi connectivity index (χ4n) is 3.67. The van der Waals surface area contributed by atoms with Crippen molar-refractivity contribution in [3.63, 3.8) is 0 Å². The molecule has 0 saturated carbocycles. The molecule has 0 saturated heterocycles. The molecule has 1 heterocycles. The zero-order valence-corrected chi connectivity index (χ0v) is 20.4. The second-order valence-electron chi connectivity index (χ2n) is 8.37. The minimum Gasteiger partial charge on any atom is -0.490 e. The van der Waals surface area contributed by atoms with Gasteiger partial charge in [-0.3, -0.25) is 9.59 Å². The molecule has 1 unspecified atom stereocenters. The van der Waals surface area contributed by atoms with Gasteiger partial charge in [-0.25, -0.2) is 5.01 Å². The van der Waals surface area contributed by atoms with Crippen LogP contribution in [0, 0.1) is 0 Å². The zero-order valence-electron chi connectivity index (χ0n) is 20.4. The van der Waals surface area contributed by atoms with Gasteiger partial charge in [-0.2, -0.15) is 5.10 Å². The summed E-state index contributed by atoms with van der Waals surface area (Å²) in [4.78, 5) is 25.1. The van der Waals surface area contributed by atoms with Gasteiger partial charge in [0.25, 0.3) is 0 Å². The molecule has 1 atom stereocenters. The first-order chi connectivity index (χ1) is 16.5. The van der Waals surface area contributed by atoms with Gasteiger partial charge in [0.15, 0.2) is 11.5 Å². The van der Waals surface area contributed by atoms with Crippen LogP contribution in [-0.4, -0.2) is 42.3 Å². The van der Waals surface area contributed by atoms with Crippen LogP contribution >= 0.6 is 0 Å². The molecule has 0 aromatic heterocycles. The minimum atomic E-state index is -0.221.